The molecule has 0 aromatic heterocycles. The summed E-state index contributed by atoms with van der Waals surface area (Å²) in [6, 6.07) is 8.55. The van der Waals surface area contributed by atoms with Crippen LogP contribution in [0.25, 0.3) is 0 Å². The van der Waals surface area contributed by atoms with Crippen LogP contribution in [0.2, 0.25) is 0 Å². The molecule has 1 unspecified atom stereocenters. The Bertz CT molecular complexity index is 521. The number of nitrogens with one attached hydrogen (secondary N) is 2. The number of rotatable bonds is 8. The summed E-state index contributed by atoms with van der Waals surface area (Å²) >= 11 is 0. The van der Waals surface area contributed by atoms with Crippen LogP contribution in [-0.4, -0.2) is 38.7 Å². The van der Waals surface area contributed by atoms with Crippen LogP contribution < -0.4 is 10.6 Å². The highest BCUT2D eigenvalue weighted by Gasteiger charge is 2.07. The van der Waals surface area contributed by atoms with Gasteiger partial charge < -0.3 is 15.4 Å². The van der Waals surface area contributed by atoms with Crippen LogP contribution in [0.3, 0.4) is 0 Å². The third-order valence-electron chi connectivity index (χ3n) is 3.57. The van der Waals surface area contributed by atoms with Gasteiger partial charge in [-0.2, -0.15) is 0 Å². The van der Waals surface area contributed by atoms with E-state index in [4.69, 9.17) is 4.74 Å². The highest BCUT2D eigenvalue weighted by atomic mass is 127. The summed E-state index contributed by atoms with van der Waals surface area (Å²) in [6.45, 7) is 8.05. The van der Waals surface area contributed by atoms with E-state index in [0.29, 0.717) is 25.5 Å². The third-order valence-corrected chi connectivity index (χ3v) is 3.57. The van der Waals surface area contributed by atoms with Gasteiger partial charge in [-0.15, -0.1) is 24.0 Å². The minimum absolute atomic E-state index is 0. The lowest BCUT2D eigenvalue weighted by Crippen LogP contribution is -2.39. The molecule has 0 aliphatic rings. The summed E-state index contributed by atoms with van der Waals surface area (Å²) in [5, 5.41) is 6.54. The van der Waals surface area contributed by atoms with Gasteiger partial charge in [0.05, 0.1) is 6.61 Å². The van der Waals surface area contributed by atoms with Crippen molar-refractivity contribution in [1.29, 1.82) is 0 Å². The molecule has 0 radical (unpaired) electrons. The molecule has 0 saturated carbocycles. The van der Waals surface area contributed by atoms with Crippen LogP contribution >= 0.6 is 24.0 Å². The van der Waals surface area contributed by atoms with Crippen molar-refractivity contribution >= 4 is 35.9 Å². The minimum atomic E-state index is -0.148. The van der Waals surface area contributed by atoms with Gasteiger partial charge in [0.2, 0.25) is 0 Å². The van der Waals surface area contributed by atoms with Gasteiger partial charge >= 0.3 is 5.97 Å². The van der Waals surface area contributed by atoms with E-state index in [0.717, 1.165) is 18.9 Å². The Morgan fingerprint density at radius 2 is 2.08 bits per heavy atom. The second-order valence-electron chi connectivity index (χ2n) is 5.60. The molecule has 0 heterocycles. The molecule has 0 spiro atoms. The van der Waals surface area contributed by atoms with E-state index in [-0.39, 0.29) is 29.9 Å². The Morgan fingerprint density at radius 1 is 1.33 bits per heavy atom. The lowest BCUT2D eigenvalue weighted by molar-refractivity contribution is -0.143. The predicted molar refractivity (Wildman–Crippen MR) is 110 cm³/mol. The van der Waals surface area contributed by atoms with Crippen LogP contribution in [0.4, 0.5) is 0 Å². The summed E-state index contributed by atoms with van der Waals surface area (Å²) in [5.41, 5.74) is 2.59. The summed E-state index contributed by atoms with van der Waals surface area (Å²) < 4.78 is 4.90. The number of halogens is 1. The van der Waals surface area contributed by atoms with Crippen molar-refractivity contribution in [3.05, 3.63) is 35.4 Å². The van der Waals surface area contributed by atoms with E-state index in [1.165, 1.54) is 11.1 Å². The fourth-order valence-electron chi connectivity index (χ4n) is 2.24. The van der Waals surface area contributed by atoms with Crippen LogP contribution in [0, 0.1) is 6.92 Å². The third kappa shape index (κ3) is 9.10. The van der Waals surface area contributed by atoms with Crippen LogP contribution in [0.1, 0.15) is 43.7 Å². The molecule has 0 amide bonds. The molecule has 5 nitrogen and oxygen atoms in total. The van der Waals surface area contributed by atoms with Crippen LogP contribution in [-0.2, 0) is 9.53 Å². The van der Waals surface area contributed by atoms with Gasteiger partial charge in [0.1, 0.15) is 0 Å². The zero-order valence-electron chi connectivity index (χ0n) is 15.1. The van der Waals surface area contributed by atoms with Crippen LogP contribution in [0.5, 0.6) is 0 Å². The number of ether oxygens (including phenoxy) is 1. The normalized spacial score (nSPS) is 12.1. The molecule has 0 saturated heterocycles. The van der Waals surface area contributed by atoms with Gasteiger partial charge in [0, 0.05) is 26.6 Å². The Morgan fingerprint density at radius 3 is 2.71 bits per heavy atom. The average molecular weight is 447 g/mol. The number of carbonyl (C=O) groups is 1. The van der Waals surface area contributed by atoms with E-state index >= 15 is 0 Å². The fourth-order valence-corrected chi connectivity index (χ4v) is 2.24. The Balaban J connectivity index is 0.00000529. The van der Waals surface area contributed by atoms with Gasteiger partial charge in [0.15, 0.2) is 5.96 Å². The molecule has 1 aromatic carbocycles. The van der Waals surface area contributed by atoms with Gasteiger partial charge in [0.25, 0.3) is 0 Å². The molecule has 6 heteroatoms. The molecular formula is C18H30IN3O2. The molecule has 0 bridgehead atoms. The zero-order chi connectivity index (χ0) is 17.1. The highest BCUT2D eigenvalue weighted by molar-refractivity contribution is 14.0. The van der Waals surface area contributed by atoms with Crippen molar-refractivity contribution < 1.29 is 9.53 Å². The minimum Gasteiger partial charge on any atom is -0.466 e. The van der Waals surface area contributed by atoms with Gasteiger partial charge in [-0.25, -0.2) is 0 Å². The van der Waals surface area contributed by atoms with Gasteiger partial charge in [-0.3, -0.25) is 9.79 Å². The number of benzene rings is 1. The second-order valence-corrected chi connectivity index (χ2v) is 5.60. The Kier molecular flexibility index (Phi) is 12.3. The monoisotopic (exact) mass is 447 g/mol. The summed E-state index contributed by atoms with van der Waals surface area (Å²) in [7, 11) is 1.75. The quantitative estimate of drug-likeness (QED) is 0.211. The molecule has 1 atom stereocenters. The fraction of sp³-hybridized carbons (Fsp3) is 0.556. The first-order valence-electron chi connectivity index (χ1n) is 8.23. The molecule has 2 N–H and O–H groups in total. The standard InChI is InChI=1S/C18H29N3O2.HI/c1-5-23-17(22)10-7-11-20-18(19-4)21-13-15(3)16-9-6-8-14(2)12-16;/h6,8-9,12,15H,5,7,10-11,13H2,1-4H3,(H2,19,20,21);1H. The maximum absolute atomic E-state index is 11.3. The molecule has 0 fully saturated rings. The lowest BCUT2D eigenvalue weighted by Gasteiger charge is -2.16. The van der Waals surface area contributed by atoms with Crippen LogP contribution in [0.15, 0.2) is 29.3 Å². The number of esters is 1. The van der Waals surface area contributed by atoms with E-state index in [1.807, 2.05) is 6.92 Å². The van der Waals surface area contributed by atoms with Crippen molar-refractivity contribution in [1.82, 2.24) is 10.6 Å². The lowest BCUT2D eigenvalue weighted by atomic mass is 9.99. The smallest absolute Gasteiger partial charge is 0.305 e. The maximum atomic E-state index is 11.3. The number of hydrogen-bond acceptors (Lipinski definition) is 3. The van der Waals surface area contributed by atoms with Gasteiger partial charge in [-0.1, -0.05) is 36.8 Å². The van der Waals surface area contributed by atoms with E-state index < -0.39 is 0 Å². The maximum Gasteiger partial charge on any atom is 0.305 e. The molecule has 0 aliphatic carbocycles. The molecule has 136 valence electrons. The van der Waals surface area contributed by atoms with E-state index in [2.05, 4.69) is 53.7 Å². The largest absolute Gasteiger partial charge is 0.466 e. The highest BCUT2D eigenvalue weighted by Crippen LogP contribution is 2.15. The van der Waals surface area contributed by atoms with Gasteiger partial charge in [-0.05, 0) is 31.7 Å². The van der Waals surface area contributed by atoms with Crippen molar-refractivity contribution in [3.63, 3.8) is 0 Å². The van der Waals surface area contributed by atoms with Crippen molar-refractivity contribution in [2.24, 2.45) is 4.99 Å². The first kappa shape index (κ1) is 22.7. The summed E-state index contributed by atoms with van der Waals surface area (Å²) in [4.78, 5) is 15.5. The summed E-state index contributed by atoms with van der Waals surface area (Å²) in [6.07, 6.45) is 1.16. The number of hydrogen-bond donors (Lipinski definition) is 2. The molecule has 1 rings (SSSR count). The van der Waals surface area contributed by atoms with E-state index in [1.54, 1.807) is 7.05 Å². The van der Waals surface area contributed by atoms with Crippen molar-refractivity contribution in [2.75, 3.05) is 26.7 Å². The number of carbonyl (C=O) groups excluding carboxylic acids is 1. The average Bonchev–Trinajstić information content (AvgIpc) is 2.54. The number of aliphatic imine (C=N–C) groups is 1. The number of aryl methyl sites for hydroxylation is 1. The topological polar surface area (TPSA) is 62.7 Å². The molecule has 1 aromatic rings. The number of guanidine groups is 1. The second kappa shape index (κ2) is 13.0. The first-order chi connectivity index (χ1) is 11.1. The zero-order valence-corrected chi connectivity index (χ0v) is 17.4. The Labute approximate surface area is 162 Å². The number of nitrogens with zero attached hydrogens (tertiary/aromatic N) is 1. The Hall–Kier alpha value is -1.31. The van der Waals surface area contributed by atoms with E-state index in [9.17, 15) is 4.79 Å². The van der Waals surface area contributed by atoms with Crippen molar-refractivity contribution in [2.45, 2.75) is 39.5 Å². The molecular weight excluding hydrogens is 417 g/mol. The molecule has 0 aliphatic heterocycles. The predicted octanol–water partition coefficient (Wildman–Crippen LogP) is 3.22. The molecule has 24 heavy (non-hydrogen) atoms. The van der Waals surface area contributed by atoms with Crippen molar-refractivity contribution in [3.8, 4) is 0 Å². The summed E-state index contributed by atoms with van der Waals surface area (Å²) in [5.74, 6) is 1.01. The SMILES string of the molecule is CCOC(=O)CCCNC(=NC)NCC(C)c1cccc(C)c1.I. The first-order valence-corrected chi connectivity index (χ1v) is 8.23.